The van der Waals surface area contributed by atoms with E-state index in [2.05, 4.69) is 31.9 Å². The van der Waals surface area contributed by atoms with Crippen LogP contribution in [0, 0.1) is 0 Å². The van der Waals surface area contributed by atoms with E-state index in [1.165, 1.54) is 0 Å². The topological polar surface area (TPSA) is 70.8 Å². The van der Waals surface area contributed by atoms with Gasteiger partial charge in [0.2, 0.25) is 0 Å². The minimum Gasteiger partial charge on any atom is -0.460 e. The van der Waals surface area contributed by atoms with Crippen molar-refractivity contribution >= 4 is 43.5 Å². The van der Waals surface area contributed by atoms with Gasteiger partial charge >= 0.3 is 5.97 Å². The maximum absolute atomic E-state index is 11.8. The smallest absolute Gasteiger partial charge is 0.340 e. The molecule has 0 unspecified atom stereocenters. The molecule has 0 amide bonds. The summed E-state index contributed by atoms with van der Waals surface area (Å²) in [5, 5.41) is 0. The monoisotopic (exact) mass is 395 g/mol. The van der Waals surface area contributed by atoms with Crippen LogP contribution < -0.4 is 5.73 Å². The van der Waals surface area contributed by atoms with Crippen molar-refractivity contribution < 1.29 is 19.0 Å². The molecule has 0 fully saturated rings. The summed E-state index contributed by atoms with van der Waals surface area (Å²) in [5.74, 6) is -0.477. The maximum atomic E-state index is 11.8. The molecule has 0 atom stereocenters. The molecule has 1 aromatic carbocycles. The number of rotatable bonds is 7. The molecule has 0 aliphatic heterocycles. The Morgan fingerprint density at radius 1 is 1.21 bits per heavy atom. The first-order valence-corrected chi connectivity index (χ1v) is 7.13. The minimum absolute atomic E-state index is 0.173. The lowest BCUT2D eigenvalue weighted by Gasteiger charge is -2.09. The number of hydrogen-bond donors (Lipinski definition) is 1. The number of hydrogen-bond acceptors (Lipinski definition) is 5. The predicted octanol–water partition coefficient (Wildman–Crippen LogP) is 2.61. The summed E-state index contributed by atoms with van der Waals surface area (Å²) < 4.78 is 16.5. The van der Waals surface area contributed by atoms with E-state index in [1.54, 1.807) is 19.2 Å². The summed E-state index contributed by atoms with van der Waals surface area (Å²) in [4.78, 5) is 11.8. The second-order valence-corrected chi connectivity index (χ2v) is 5.36. The molecule has 7 heteroatoms. The zero-order valence-electron chi connectivity index (χ0n) is 10.4. The fourth-order valence-corrected chi connectivity index (χ4v) is 2.49. The number of halogens is 2. The van der Waals surface area contributed by atoms with Crippen LogP contribution >= 0.6 is 31.9 Å². The van der Waals surface area contributed by atoms with Crippen LogP contribution in [-0.2, 0) is 14.2 Å². The first kappa shape index (κ1) is 16.4. The van der Waals surface area contributed by atoms with Crippen molar-refractivity contribution in [3.8, 4) is 0 Å². The average molecular weight is 397 g/mol. The summed E-state index contributed by atoms with van der Waals surface area (Å²) in [5.41, 5.74) is 6.48. The van der Waals surface area contributed by atoms with Crippen molar-refractivity contribution in [3.63, 3.8) is 0 Å². The highest BCUT2D eigenvalue weighted by atomic mass is 79.9. The van der Waals surface area contributed by atoms with Gasteiger partial charge in [-0.3, -0.25) is 0 Å². The van der Waals surface area contributed by atoms with Crippen molar-refractivity contribution in [1.29, 1.82) is 0 Å². The Morgan fingerprint density at radius 2 is 1.89 bits per heavy atom. The molecule has 0 aliphatic carbocycles. The second kappa shape index (κ2) is 8.52. The molecule has 0 aliphatic rings. The van der Waals surface area contributed by atoms with Gasteiger partial charge < -0.3 is 19.9 Å². The number of nitrogens with two attached hydrogens (primary N) is 1. The van der Waals surface area contributed by atoms with Crippen LogP contribution in [0.25, 0.3) is 0 Å². The lowest BCUT2D eigenvalue weighted by molar-refractivity contribution is 0.0214. The highest BCUT2D eigenvalue weighted by Crippen LogP contribution is 2.28. The summed E-state index contributed by atoms with van der Waals surface area (Å²) in [7, 11) is 1.59. The quantitative estimate of drug-likeness (QED) is 0.435. The highest BCUT2D eigenvalue weighted by molar-refractivity contribution is 9.11. The Kier molecular flexibility index (Phi) is 7.37. The van der Waals surface area contributed by atoms with E-state index in [0.717, 1.165) is 4.47 Å². The Morgan fingerprint density at radius 3 is 2.58 bits per heavy atom. The van der Waals surface area contributed by atoms with Crippen LogP contribution in [0.15, 0.2) is 21.1 Å². The van der Waals surface area contributed by atoms with Crippen LogP contribution in [-0.4, -0.2) is 39.5 Å². The molecule has 0 spiro atoms. The van der Waals surface area contributed by atoms with Gasteiger partial charge in [0.05, 0.1) is 31.1 Å². The molecule has 5 nitrogen and oxygen atoms in total. The van der Waals surface area contributed by atoms with Gasteiger partial charge in [0.15, 0.2) is 0 Å². The van der Waals surface area contributed by atoms with Gasteiger partial charge in [0.25, 0.3) is 0 Å². The van der Waals surface area contributed by atoms with Gasteiger partial charge in [0.1, 0.15) is 6.61 Å². The zero-order chi connectivity index (χ0) is 14.3. The third kappa shape index (κ3) is 5.48. The summed E-state index contributed by atoms with van der Waals surface area (Å²) in [6, 6.07) is 3.38. The molecular weight excluding hydrogens is 382 g/mol. The standard InChI is InChI=1S/C12H15Br2NO4/c1-17-2-3-18-4-5-19-12(16)9-6-8(13)7-10(14)11(9)15/h6-7H,2-5,15H2,1H3. The van der Waals surface area contributed by atoms with Crippen LogP contribution in [0.5, 0.6) is 0 Å². The Bertz CT molecular complexity index is 440. The van der Waals surface area contributed by atoms with Gasteiger partial charge in [-0.2, -0.15) is 0 Å². The van der Waals surface area contributed by atoms with Gasteiger partial charge in [-0.1, -0.05) is 15.9 Å². The molecule has 0 heterocycles. The molecular formula is C12H15Br2NO4. The molecule has 2 N–H and O–H groups in total. The number of anilines is 1. The fraction of sp³-hybridized carbons (Fsp3) is 0.417. The number of nitrogen functional groups attached to an aromatic ring is 1. The number of carbonyl (C=O) groups excluding carboxylic acids is 1. The van der Waals surface area contributed by atoms with Crippen LogP contribution in [0.2, 0.25) is 0 Å². The van der Waals surface area contributed by atoms with Crippen LogP contribution in [0.3, 0.4) is 0 Å². The number of esters is 1. The van der Waals surface area contributed by atoms with E-state index in [1.807, 2.05) is 0 Å². The first-order chi connectivity index (χ1) is 9.06. The first-order valence-electron chi connectivity index (χ1n) is 5.54. The molecule has 1 rings (SSSR count). The molecule has 106 valence electrons. The number of methoxy groups -OCH3 is 1. The van der Waals surface area contributed by atoms with E-state index in [4.69, 9.17) is 19.9 Å². The second-order valence-electron chi connectivity index (χ2n) is 3.59. The van der Waals surface area contributed by atoms with E-state index < -0.39 is 5.97 Å². The van der Waals surface area contributed by atoms with E-state index in [0.29, 0.717) is 35.5 Å². The van der Waals surface area contributed by atoms with Crippen LogP contribution in [0.1, 0.15) is 10.4 Å². The fourth-order valence-electron chi connectivity index (χ4n) is 1.27. The van der Waals surface area contributed by atoms with Gasteiger partial charge in [-0.25, -0.2) is 4.79 Å². The van der Waals surface area contributed by atoms with Crippen molar-refractivity contribution in [2.45, 2.75) is 0 Å². The molecule has 0 saturated carbocycles. The van der Waals surface area contributed by atoms with E-state index in [-0.39, 0.29) is 6.61 Å². The summed E-state index contributed by atoms with van der Waals surface area (Å²) in [6.45, 7) is 1.48. The van der Waals surface area contributed by atoms with Gasteiger partial charge in [-0.15, -0.1) is 0 Å². The van der Waals surface area contributed by atoms with Gasteiger partial charge in [0, 0.05) is 16.1 Å². The summed E-state index contributed by atoms with van der Waals surface area (Å²) in [6.07, 6.45) is 0. The molecule has 0 bridgehead atoms. The Hall–Kier alpha value is -0.630. The van der Waals surface area contributed by atoms with Gasteiger partial charge in [-0.05, 0) is 28.1 Å². The summed E-state index contributed by atoms with van der Waals surface area (Å²) >= 11 is 6.57. The molecule has 19 heavy (non-hydrogen) atoms. The number of carbonyl (C=O) groups is 1. The maximum Gasteiger partial charge on any atom is 0.340 e. The van der Waals surface area contributed by atoms with E-state index in [9.17, 15) is 4.79 Å². The number of benzene rings is 1. The third-order valence-electron chi connectivity index (χ3n) is 2.21. The largest absolute Gasteiger partial charge is 0.460 e. The molecule has 1 aromatic rings. The van der Waals surface area contributed by atoms with E-state index >= 15 is 0 Å². The van der Waals surface area contributed by atoms with Crippen LogP contribution in [0.4, 0.5) is 5.69 Å². The highest BCUT2D eigenvalue weighted by Gasteiger charge is 2.14. The van der Waals surface area contributed by atoms with Crippen molar-refractivity contribution in [3.05, 3.63) is 26.6 Å². The predicted molar refractivity (Wildman–Crippen MR) is 79.2 cm³/mol. The third-order valence-corrected chi connectivity index (χ3v) is 3.32. The van der Waals surface area contributed by atoms with Crippen molar-refractivity contribution in [2.75, 3.05) is 39.3 Å². The Labute approximate surface area is 128 Å². The van der Waals surface area contributed by atoms with Crippen molar-refractivity contribution in [1.82, 2.24) is 0 Å². The SMILES string of the molecule is COCCOCCOC(=O)c1cc(Br)cc(Br)c1N. The Balaban J connectivity index is 2.46. The lowest BCUT2D eigenvalue weighted by atomic mass is 10.2. The lowest BCUT2D eigenvalue weighted by Crippen LogP contribution is -2.14. The minimum atomic E-state index is -0.477. The zero-order valence-corrected chi connectivity index (χ0v) is 13.6. The normalized spacial score (nSPS) is 10.5. The van der Waals surface area contributed by atoms with Crippen molar-refractivity contribution in [2.24, 2.45) is 0 Å². The molecule has 0 aromatic heterocycles. The molecule has 0 saturated heterocycles. The molecule has 0 radical (unpaired) electrons. The number of ether oxygens (including phenoxy) is 3. The average Bonchev–Trinajstić information content (AvgIpc) is 2.37.